The number of thiazole rings is 1. The van der Waals surface area contributed by atoms with E-state index in [9.17, 15) is 0 Å². The molecule has 8 heteroatoms. The minimum absolute atomic E-state index is 0. The summed E-state index contributed by atoms with van der Waals surface area (Å²) < 4.78 is 0. The number of hydrogen-bond acceptors (Lipinski definition) is 5. The SMILES string of the molecule is CN(C)Cc1ccccc1CN=C(N)N1CCN(c2nccs2)CC1.I. The van der Waals surface area contributed by atoms with Crippen molar-refractivity contribution in [3.05, 3.63) is 47.0 Å². The predicted octanol–water partition coefficient (Wildman–Crippen LogP) is 2.46. The molecule has 1 aromatic carbocycles. The monoisotopic (exact) mass is 486 g/mol. The van der Waals surface area contributed by atoms with E-state index in [1.807, 2.05) is 11.6 Å². The number of nitrogens with zero attached hydrogens (tertiary/aromatic N) is 5. The maximum Gasteiger partial charge on any atom is 0.191 e. The van der Waals surface area contributed by atoms with Gasteiger partial charge in [0.2, 0.25) is 0 Å². The van der Waals surface area contributed by atoms with Gasteiger partial charge in [-0.2, -0.15) is 0 Å². The lowest BCUT2D eigenvalue weighted by molar-refractivity contribution is 0.380. The Hall–Kier alpha value is -1.39. The Morgan fingerprint density at radius 2 is 1.88 bits per heavy atom. The van der Waals surface area contributed by atoms with E-state index in [-0.39, 0.29) is 24.0 Å². The normalized spacial score (nSPS) is 15.3. The first-order chi connectivity index (χ1) is 12.1. The van der Waals surface area contributed by atoms with E-state index in [0.717, 1.165) is 37.9 Å². The predicted molar refractivity (Wildman–Crippen MR) is 120 cm³/mol. The molecule has 0 bridgehead atoms. The molecular formula is C18H27IN6S. The number of hydrogen-bond donors (Lipinski definition) is 1. The van der Waals surface area contributed by atoms with Crippen LogP contribution >= 0.6 is 35.3 Å². The summed E-state index contributed by atoms with van der Waals surface area (Å²) in [7, 11) is 4.16. The van der Waals surface area contributed by atoms with Crippen molar-refractivity contribution in [3.63, 3.8) is 0 Å². The summed E-state index contributed by atoms with van der Waals surface area (Å²) in [4.78, 5) is 15.7. The van der Waals surface area contributed by atoms with Gasteiger partial charge in [-0.25, -0.2) is 9.98 Å². The van der Waals surface area contributed by atoms with Gasteiger partial charge in [-0.1, -0.05) is 24.3 Å². The van der Waals surface area contributed by atoms with Gasteiger partial charge in [0, 0.05) is 44.3 Å². The van der Waals surface area contributed by atoms with Crippen molar-refractivity contribution in [2.45, 2.75) is 13.1 Å². The van der Waals surface area contributed by atoms with Crippen LogP contribution in [0.1, 0.15) is 11.1 Å². The maximum absolute atomic E-state index is 6.25. The van der Waals surface area contributed by atoms with E-state index in [4.69, 9.17) is 5.73 Å². The van der Waals surface area contributed by atoms with Gasteiger partial charge in [0.1, 0.15) is 0 Å². The van der Waals surface area contributed by atoms with E-state index >= 15 is 0 Å². The first kappa shape index (κ1) is 20.9. The topological polar surface area (TPSA) is 61.0 Å². The largest absolute Gasteiger partial charge is 0.370 e. The summed E-state index contributed by atoms with van der Waals surface area (Å²) in [5.41, 5.74) is 8.79. The van der Waals surface area contributed by atoms with Crippen molar-refractivity contribution < 1.29 is 0 Å². The van der Waals surface area contributed by atoms with Crippen molar-refractivity contribution in [1.82, 2.24) is 14.8 Å². The summed E-state index contributed by atoms with van der Waals surface area (Å²) in [5, 5.41) is 3.11. The standard InChI is InChI=1S/C18H26N6S.HI/c1-22(2)14-16-6-4-3-5-15(16)13-21-17(19)23-8-10-24(11-9-23)18-20-7-12-25-18;/h3-7,12H,8-11,13-14H2,1-2H3,(H2,19,21);1H. The zero-order valence-corrected chi connectivity index (χ0v) is 18.5. The minimum atomic E-state index is 0. The Morgan fingerprint density at radius 1 is 1.19 bits per heavy atom. The highest BCUT2D eigenvalue weighted by Gasteiger charge is 2.19. The number of aliphatic imine (C=N–C) groups is 1. The molecular weight excluding hydrogens is 459 g/mol. The third kappa shape index (κ3) is 5.55. The first-order valence-corrected chi connectivity index (χ1v) is 9.42. The molecule has 6 nitrogen and oxygen atoms in total. The molecule has 0 unspecified atom stereocenters. The molecule has 1 fully saturated rings. The fourth-order valence-corrected chi connectivity index (χ4v) is 3.67. The Balaban J connectivity index is 0.00000243. The molecule has 3 rings (SSSR count). The second kappa shape index (κ2) is 10.1. The van der Waals surface area contributed by atoms with Crippen LogP contribution in [-0.2, 0) is 13.1 Å². The number of nitrogens with two attached hydrogens (primary N) is 1. The molecule has 0 radical (unpaired) electrons. The summed E-state index contributed by atoms with van der Waals surface area (Å²) in [6.45, 7) is 5.17. The van der Waals surface area contributed by atoms with Crippen LogP contribution in [-0.4, -0.2) is 61.0 Å². The molecule has 0 atom stereocenters. The lowest BCUT2D eigenvalue weighted by Gasteiger charge is -2.35. The molecule has 0 aliphatic carbocycles. The maximum atomic E-state index is 6.25. The highest BCUT2D eigenvalue weighted by Crippen LogP contribution is 2.19. The van der Waals surface area contributed by atoms with Gasteiger partial charge in [-0.05, 0) is 25.2 Å². The van der Waals surface area contributed by atoms with Crippen LogP contribution in [0.2, 0.25) is 0 Å². The zero-order valence-electron chi connectivity index (χ0n) is 15.3. The van der Waals surface area contributed by atoms with Crippen LogP contribution in [0.3, 0.4) is 0 Å². The molecule has 0 spiro atoms. The zero-order chi connectivity index (χ0) is 17.6. The molecule has 1 aliphatic heterocycles. The summed E-state index contributed by atoms with van der Waals surface area (Å²) in [5.74, 6) is 0.637. The molecule has 2 N–H and O–H groups in total. The third-order valence-electron chi connectivity index (χ3n) is 4.31. The number of piperazine rings is 1. The highest BCUT2D eigenvalue weighted by atomic mass is 127. The number of benzene rings is 1. The van der Waals surface area contributed by atoms with Gasteiger partial charge in [-0.15, -0.1) is 35.3 Å². The van der Waals surface area contributed by atoms with Crippen LogP contribution in [0, 0.1) is 0 Å². The first-order valence-electron chi connectivity index (χ1n) is 8.54. The van der Waals surface area contributed by atoms with Crippen molar-refractivity contribution in [2.24, 2.45) is 10.7 Å². The third-order valence-corrected chi connectivity index (χ3v) is 5.14. The number of anilines is 1. The molecule has 142 valence electrons. The van der Waals surface area contributed by atoms with Crippen molar-refractivity contribution in [1.29, 1.82) is 0 Å². The lowest BCUT2D eigenvalue weighted by Crippen LogP contribution is -2.51. The van der Waals surface area contributed by atoms with E-state index in [1.165, 1.54) is 11.1 Å². The highest BCUT2D eigenvalue weighted by molar-refractivity contribution is 14.0. The molecule has 1 aromatic heterocycles. The van der Waals surface area contributed by atoms with Gasteiger partial charge in [0.05, 0.1) is 6.54 Å². The number of guanidine groups is 1. The minimum Gasteiger partial charge on any atom is -0.370 e. The van der Waals surface area contributed by atoms with Crippen LogP contribution in [0.25, 0.3) is 0 Å². The Labute approximate surface area is 176 Å². The van der Waals surface area contributed by atoms with Gasteiger partial charge in [-0.3, -0.25) is 0 Å². The number of halogens is 1. The number of rotatable bonds is 5. The summed E-state index contributed by atoms with van der Waals surface area (Å²) in [6, 6.07) is 8.43. The van der Waals surface area contributed by atoms with Crippen LogP contribution < -0.4 is 10.6 Å². The molecule has 0 amide bonds. The molecule has 2 heterocycles. The summed E-state index contributed by atoms with van der Waals surface area (Å²) in [6.07, 6.45) is 1.85. The second-order valence-corrected chi connectivity index (χ2v) is 7.34. The van der Waals surface area contributed by atoms with Crippen LogP contribution in [0.4, 0.5) is 5.13 Å². The Bertz CT molecular complexity index is 695. The van der Waals surface area contributed by atoms with Crippen molar-refractivity contribution in [3.8, 4) is 0 Å². The smallest absolute Gasteiger partial charge is 0.191 e. The van der Waals surface area contributed by atoms with Crippen LogP contribution in [0.15, 0.2) is 40.8 Å². The average Bonchev–Trinajstić information content (AvgIpc) is 3.15. The average molecular weight is 486 g/mol. The van der Waals surface area contributed by atoms with Gasteiger partial charge >= 0.3 is 0 Å². The lowest BCUT2D eigenvalue weighted by atomic mass is 10.1. The number of aromatic nitrogens is 1. The fraction of sp³-hybridized carbons (Fsp3) is 0.444. The van der Waals surface area contributed by atoms with Gasteiger partial charge in [0.15, 0.2) is 11.1 Å². The van der Waals surface area contributed by atoms with E-state index in [0.29, 0.717) is 12.5 Å². The Morgan fingerprint density at radius 3 is 2.50 bits per heavy atom. The van der Waals surface area contributed by atoms with Gasteiger partial charge < -0.3 is 20.4 Å². The molecule has 0 saturated carbocycles. The second-order valence-electron chi connectivity index (χ2n) is 6.47. The van der Waals surface area contributed by atoms with Gasteiger partial charge in [0.25, 0.3) is 0 Å². The van der Waals surface area contributed by atoms with Crippen molar-refractivity contribution >= 4 is 46.4 Å². The molecule has 1 saturated heterocycles. The van der Waals surface area contributed by atoms with E-state index < -0.39 is 0 Å². The molecule has 1 aliphatic rings. The summed E-state index contributed by atoms with van der Waals surface area (Å²) >= 11 is 1.68. The van der Waals surface area contributed by atoms with E-state index in [2.05, 4.69) is 63.0 Å². The fourth-order valence-electron chi connectivity index (χ4n) is 2.97. The van der Waals surface area contributed by atoms with Crippen LogP contribution in [0.5, 0.6) is 0 Å². The molecule has 26 heavy (non-hydrogen) atoms. The van der Waals surface area contributed by atoms with E-state index in [1.54, 1.807) is 11.3 Å². The Kier molecular flexibility index (Phi) is 8.11. The molecule has 2 aromatic rings. The quantitative estimate of drug-likeness (QED) is 0.400. The van der Waals surface area contributed by atoms with Crippen molar-refractivity contribution in [2.75, 3.05) is 45.2 Å².